The molecular formula is C24H22O6. The second kappa shape index (κ2) is 6.90. The Morgan fingerprint density at radius 2 is 1.83 bits per heavy atom. The molecule has 0 saturated heterocycles. The molecule has 2 aliphatic rings. The van der Waals surface area contributed by atoms with Crippen LogP contribution in [0.15, 0.2) is 33.5 Å². The molecule has 3 aromatic rings. The molecule has 5 rings (SSSR count). The van der Waals surface area contributed by atoms with Crippen molar-refractivity contribution in [1.29, 1.82) is 0 Å². The molecule has 1 atom stereocenters. The van der Waals surface area contributed by atoms with E-state index in [1.165, 1.54) is 0 Å². The maximum Gasteiger partial charge on any atom is 0.339 e. The quantitative estimate of drug-likeness (QED) is 0.603. The van der Waals surface area contributed by atoms with E-state index in [9.17, 15) is 9.59 Å². The van der Waals surface area contributed by atoms with Gasteiger partial charge in [0.15, 0.2) is 5.78 Å². The average molecular weight is 406 g/mol. The number of carbonyl (C=O) groups is 1. The van der Waals surface area contributed by atoms with Crippen LogP contribution in [-0.2, 0) is 12.8 Å². The number of hydrogen-bond acceptors (Lipinski definition) is 6. The van der Waals surface area contributed by atoms with Crippen molar-refractivity contribution in [2.24, 2.45) is 0 Å². The summed E-state index contributed by atoms with van der Waals surface area (Å²) in [6, 6.07) is 7.23. The van der Waals surface area contributed by atoms with Crippen molar-refractivity contribution in [1.82, 2.24) is 0 Å². The van der Waals surface area contributed by atoms with Gasteiger partial charge in [0, 0.05) is 11.1 Å². The maximum absolute atomic E-state index is 13.2. The molecule has 2 aromatic carbocycles. The molecule has 6 nitrogen and oxygen atoms in total. The van der Waals surface area contributed by atoms with Gasteiger partial charge in [-0.15, -0.1) is 0 Å². The molecule has 1 aliphatic heterocycles. The molecule has 0 radical (unpaired) electrons. The molecule has 2 heterocycles. The Bertz CT molecular complexity index is 1250. The van der Waals surface area contributed by atoms with Crippen LogP contribution in [-0.4, -0.2) is 20.0 Å². The van der Waals surface area contributed by atoms with E-state index in [2.05, 4.69) is 0 Å². The first-order valence-corrected chi connectivity index (χ1v) is 10.1. The third kappa shape index (κ3) is 2.70. The highest BCUT2D eigenvalue weighted by Crippen LogP contribution is 2.46. The van der Waals surface area contributed by atoms with Crippen LogP contribution in [0.25, 0.3) is 11.0 Å². The van der Waals surface area contributed by atoms with Gasteiger partial charge in [-0.05, 0) is 61.6 Å². The van der Waals surface area contributed by atoms with Crippen LogP contribution in [0.3, 0.4) is 0 Å². The van der Waals surface area contributed by atoms with E-state index in [1.807, 2.05) is 25.1 Å². The van der Waals surface area contributed by atoms with Crippen LogP contribution in [0.1, 0.15) is 51.6 Å². The monoisotopic (exact) mass is 406 g/mol. The summed E-state index contributed by atoms with van der Waals surface area (Å²) in [4.78, 5) is 25.6. The first-order valence-electron chi connectivity index (χ1n) is 10.1. The fraction of sp³-hybridized carbons (Fsp3) is 0.333. The predicted molar refractivity (Wildman–Crippen MR) is 111 cm³/mol. The molecule has 154 valence electrons. The normalized spacial score (nSPS) is 17.4. The molecule has 0 bridgehead atoms. The Labute approximate surface area is 173 Å². The van der Waals surface area contributed by atoms with Crippen LogP contribution in [0, 0.1) is 6.92 Å². The van der Waals surface area contributed by atoms with Crippen LogP contribution in [0.5, 0.6) is 17.2 Å². The zero-order valence-corrected chi connectivity index (χ0v) is 17.2. The second-order valence-corrected chi connectivity index (χ2v) is 7.81. The number of carbonyl (C=O) groups excluding carboxylic acids is 1. The zero-order chi connectivity index (χ0) is 21.0. The van der Waals surface area contributed by atoms with E-state index >= 15 is 0 Å². The average Bonchev–Trinajstić information content (AvgIpc) is 3.23. The Kier molecular flexibility index (Phi) is 4.31. The largest absolute Gasteiger partial charge is 0.497 e. The number of benzene rings is 2. The molecule has 30 heavy (non-hydrogen) atoms. The van der Waals surface area contributed by atoms with Crippen molar-refractivity contribution in [3.8, 4) is 17.2 Å². The Morgan fingerprint density at radius 1 is 1.03 bits per heavy atom. The number of Topliss-reactive ketones (excluding diaryl/α,β-unsaturated/α-hetero) is 1. The van der Waals surface area contributed by atoms with E-state index in [-0.39, 0.29) is 17.8 Å². The Balaban J connectivity index is 1.74. The molecule has 6 heteroatoms. The van der Waals surface area contributed by atoms with Crippen LogP contribution in [0.2, 0.25) is 0 Å². The van der Waals surface area contributed by atoms with Gasteiger partial charge in [0.25, 0.3) is 0 Å². The number of methoxy groups -OCH3 is 2. The molecule has 1 unspecified atom stereocenters. The Morgan fingerprint density at radius 3 is 2.60 bits per heavy atom. The number of ether oxygens (including phenoxy) is 3. The van der Waals surface area contributed by atoms with Crippen LogP contribution in [0.4, 0.5) is 0 Å². The standard InChI is InChI=1S/C24H22O6/c1-12-9-20-22(14-5-4-6-15(14)24(26)30-20)23-21(12)17(25)11-19(29-23)16-10-13(27-2)7-8-18(16)28-3/h7-10,19H,4-6,11H2,1-3H3. The lowest BCUT2D eigenvalue weighted by molar-refractivity contribution is 0.0849. The van der Waals surface area contributed by atoms with Gasteiger partial charge in [-0.2, -0.15) is 0 Å². The molecular weight excluding hydrogens is 384 g/mol. The number of fused-ring (bicyclic) bond motifs is 5. The second-order valence-electron chi connectivity index (χ2n) is 7.81. The molecule has 0 amide bonds. The Hall–Kier alpha value is -3.28. The highest BCUT2D eigenvalue weighted by Gasteiger charge is 2.35. The van der Waals surface area contributed by atoms with Gasteiger partial charge in [-0.3, -0.25) is 4.79 Å². The lowest BCUT2D eigenvalue weighted by atomic mass is 9.90. The molecule has 0 N–H and O–H groups in total. The van der Waals surface area contributed by atoms with E-state index in [0.29, 0.717) is 40.4 Å². The predicted octanol–water partition coefficient (Wildman–Crippen LogP) is 4.31. The summed E-state index contributed by atoms with van der Waals surface area (Å²) in [7, 11) is 3.18. The first-order chi connectivity index (χ1) is 14.5. The topological polar surface area (TPSA) is 75.0 Å². The van der Waals surface area contributed by atoms with E-state index < -0.39 is 6.10 Å². The minimum absolute atomic E-state index is 0.00321. The number of ketones is 1. The summed E-state index contributed by atoms with van der Waals surface area (Å²) in [5, 5.41) is 0.752. The molecule has 0 saturated carbocycles. The SMILES string of the molecule is COc1ccc(OC)c(C2CC(=O)c3c(C)cc4oc(=O)c5c(c4c3O2)CCC5)c1. The summed E-state index contributed by atoms with van der Waals surface area (Å²) >= 11 is 0. The van der Waals surface area contributed by atoms with Crippen molar-refractivity contribution in [3.63, 3.8) is 0 Å². The first kappa shape index (κ1) is 18.7. The molecule has 0 spiro atoms. The van der Waals surface area contributed by atoms with E-state index in [0.717, 1.165) is 34.9 Å². The van der Waals surface area contributed by atoms with Gasteiger partial charge in [-0.25, -0.2) is 4.79 Å². The summed E-state index contributed by atoms with van der Waals surface area (Å²) in [5.74, 6) is 1.81. The van der Waals surface area contributed by atoms with Crippen LogP contribution < -0.4 is 19.8 Å². The zero-order valence-electron chi connectivity index (χ0n) is 17.2. The summed E-state index contributed by atoms with van der Waals surface area (Å²) in [6.45, 7) is 1.85. The number of rotatable bonds is 3. The minimum Gasteiger partial charge on any atom is -0.497 e. The fourth-order valence-corrected chi connectivity index (χ4v) is 4.71. The number of aryl methyl sites for hydroxylation is 2. The highest BCUT2D eigenvalue weighted by molar-refractivity contribution is 6.07. The van der Waals surface area contributed by atoms with E-state index in [4.69, 9.17) is 18.6 Å². The fourth-order valence-electron chi connectivity index (χ4n) is 4.71. The summed E-state index contributed by atoms with van der Waals surface area (Å²) in [6.07, 6.45) is 2.03. The molecule has 1 aromatic heterocycles. The van der Waals surface area contributed by atoms with Gasteiger partial charge in [0.05, 0.1) is 31.6 Å². The smallest absolute Gasteiger partial charge is 0.339 e. The van der Waals surface area contributed by atoms with Crippen molar-refractivity contribution in [2.75, 3.05) is 14.2 Å². The minimum atomic E-state index is -0.524. The highest BCUT2D eigenvalue weighted by atomic mass is 16.5. The van der Waals surface area contributed by atoms with Gasteiger partial charge in [0.1, 0.15) is 28.9 Å². The third-order valence-electron chi connectivity index (χ3n) is 6.10. The summed E-state index contributed by atoms with van der Waals surface area (Å²) < 4.78 is 23.0. The number of hydrogen-bond donors (Lipinski definition) is 0. The van der Waals surface area contributed by atoms with Crippen LogP contribution >= 0.6 is 0 Å². The van der Waals surface area contributed by atoms with Crippen molar-refractivity contribution in [2.45, 2.75) is 38.7 Å². The van der Waals surface area contributed by atoms with Crippen molar-refractivity contribution < 1.29 is 23.4 Å². The lowest BCUT2D eigenvalue weighted by Crippen LogP contribution is -2.23. The third-order valence-corrected chi connectivity index (χ3v) is 6.10. The molecule has 1 aliphatic carbocycles. The van der Waals surface area contributed by atoms with E-state index in [1.54, 1.807) is 20.3 Å². The van der Waals surface area contributed by atoms with Crippen molar-refractivity contribution in [3.05, 3.63) is 62.5 Å². The molecule has 0 fully saturated rings. The van der Waals surface area contributed by atoms with Gasteiger partial charge in [0.2, 0.25) is 0 Å². The lowest BCUT2D eigenvalue weighted by Gasteiger charge is -2.29. The van der Waals surface area contributed by atoms with Gasteiger partial charge < -0.3 is 18.6 Å². The maximum atomic E-state index is 13.2. The summed E-state index contributed by atoms with van der Waals surface area (Å²) in [5.41, 5.74) is 3.91. The van der Waals surface area contributed by atoms with Crippen molar-refractivity contribution >= 4 is 16.8 Å². The van der Waals surface area contributed by atoms with Gasteiger partial charge in [-0.1, -0.05) is 0 Å². The van der Waals surface area contributed by atoms with Gasteiger partial charge >= 0.3 is 5.63 Å².